The van der Waals surface area contributed by atoms with E-state index in [-0.39, 0.29) is 33.2 Å². The Labute approximate surface area is 276 Å². The Morgan fingerprint density at radius 3 is 1.20 bits per heavy atom. The fourth-order valence-electron chi connectivity index (χ4n) is 5.15. The van der Waals surface area contributed by atoms with E-state index < -0.39 is 28.6 Å². The molecule has 3 unspecified atom stereocenters. The van der Waals surface area contributed by atoms with Gasteiger partial charge in [0.25, 0.3) is 0 Å². The Hall–Kier alpha value is -1.01. The summed E-state index contributed by atoms with van der Waals surface area (Å²) >= 11 is 0. The number of hydrogen-bond acceptors (Lipinski definition) is 8. The lowest BCUT2D eigenvalue weighted by molar-refractivity contribution is -0.0448. The number of benzene rings is 2. The molecule has 0 fully saturated rings. The molecule has 0 N–H and O–H groups in total. The van der Waals surface area contributed by atoms with E-state index >= 15 is 0 Å². The second-order valence-corrected chi connectivity index (χ2v) is 20.4. The Balaban J connectivity index is 0.000000440. The van der Waals surface area contributed by atoms with Gasteiger partial charge in [0.15, 0.2) is 0 Å². The highest BCUT2D eigenvalue weighted by atomic mass is 28.2. The predicted molar refractivity (Wildman–Crippen MR) is 192 cm³/mol. The number of hydrogen-bond donors (Lipinski definition) is 0. The van der Waals surface area contributed by atoms with Gasteiger partial charge in [-0.1, -0.05) is 75.3 Å². The van der Waals surface area contributed by atoms with Gasteiger partial charge >= 0.3 is 0 Å². The van der Waals surface area contributed by atoms with Crippen molar-refractivity contribution in [1.29, 1.82) is 0 Å². The molecule has 0 aliphatic rings. The van der Waals surface area contributed by atoms with Crippen LogP contribution in [0.25, 0.3) is 0 Å². The lowest BCUT2D eigenvalue weighted by atomic mass is 10.1. The SMILES string of the molecule is COC(OC)[SiH2]C(C)c1ccc(C(C)[SiH2]C(OC)OC)cc1.COC(OC)[SiH2]CCc1cccc(C(C)[SiH2]C(OC)OC)c1. The molecule has 8 nitrogen and oxygen atoms in total. The van der Waals surface area contributed by atoms with Crippen LogP contribution >= 0.6 is 0 Å². The molecule has 0 radical (unpaired) electrons. The van der Waals surface area contributed by atoms with Crippen LogP contribution < -0.4 is 0 Å². The highest BCUT2D eigenvalue weighted by Gasteiger charge is 2.18. The summed E-state index contributed by atoms with van der Waals surface area (Å²) in [7, 11) is 11.9. The average molecular weight is 685 g/mol. The van der Waals surface area contributed by atoms with Crippen molar-refractivity contribution in [3.8, 4) is 0 Å². The van der Waals surface area contributed by atoms with Crippen molar-refractivity contribution in [3.05, 3.63) is 70.8 Å². The lowest BCUT2D eigenvalue weighted by Crippen LogP contribution is -2.26. The van der Waals surface area contributed by atoms with Gasteiger partial charge in [-0.05, 0) is 45.3 Å². The first-order chi connectivity index (χ1) is 21.2. The molecule has 44 heavy (non-hydrogen) atoms. The van der Waals surface area contributed by atoms with E-state index in [2.05, 4.69) is 69.3 Å². The zero-order chi connectivity index (χ0) is 32.9. The highest BCUT2D eigenvalue weighted by molar-refractivity contribution is 6.39. The van der Waals surface area contributed by atoms with E-state index in [4.69, 9.17) is 37.9 Å². The monoisotopic (exact) mass is 684 g/mol. The first-order valence-electron chi connectivity index (χ1n) is 15.6. The van der Waals surface area contributed by atoms with Crippen molar-refractivity contribution < 1.29 is 37.9 Å². The minimum absolute atomic E-state index is 0.00442. The topological polar surface area (TPSA) is 73.8 Å². The minimum atomic E-state index is -0.482. The summed E-state index contributed by atoms with van der Waals surface area (Å²) in [5.74, 6) is 0.0178. The molecule has 2 aromatic rings. The zero-order valence-corrected chi connectivity index (χ0v) is 34.8. The zero-order valence-electron chi connectivity index (χ0n) is 29.2. The lowest BCUT2D eigenvalue weighted by Gasteiger charge is -2.20. The van der Waals surface area contributed by atoms with Crippen LogP contribution in [0.3, 0.4) is 0 Å². The molecule has 0 aromatic heterocycles. The summed E-state index contributed by atoms with van der Waals surface area (Å²) in [6, 6.07) is 19.1. The van der Waals surface area contributed by atoms with Crippen molar-refractivity contribution in [3.63, 3.8) is 0 Å². The molecule has 252 valence electrons. The van der Waals surface area contributed by atoms with Crippen molar-refractivity contribution in [1.82, 2.24) is 0 Å². The molecule has 0 aliphatic carbocycles. The molecule has 12 heteroatoms. The molecular formula is C32H60O8Si4. The molecule has 0 bridgehead atoms. The second kappa shape index (κ2) is 24.2. The van der Waals surface area contributed by atoms with Crippen LogP contribution in [0.15, 0.2) is 48.5 Å². The summed E-state index contributed by atoms with van der Waals surface area (Å²) in [4.78, 5) is 0. The van der Waals surface area contributed by atoms with Crippen molar-refractivity contribution in [2.24, 2.45) is 0 Å². The van der Waals surface area contributed by atoms with E-state index in [0.717, 1.165) is 6.42 Å². The molecule has 0 aliphatic heterocycles. The molecule has 3 atom stereocenters. The third kappa shape index (κ3) is 15.5. The first-order valence-corrected chi connectivity index (χ1v) is 22.3. The van der Waals surface area contributed by atoms with Crippen LogP contribution in [-0.2, 0) is 44.3 Å². The van der Waals surface area contributed by atoms with Crippen LogP contribution in [0.1, 0.15) is 59.6 Å². The fourth-order valence-corrected chi connectivity index (χ4v) is 11.1. The Morgan fingerprint density at radius 2 is 0.841 bits per heavy atom. The number of methoxy groups -OCH3 is 8. The largest absolute Gasteiger partial charge is 0.360 e. The van der Waals surface area contributed by atoms with Gasteiger partial charge in [-0.25, -0.2) is 0 Å². The van der Waals surface area contributed by atoms with Gasteiger partial charge in [0.05, 0.1) is 38.1 Å². The van der Waals surface area contributed by atoms with Crippen molar-refractivity contribution in [2.45, 2.75) is 73.5 Å². The van der Waals surface area contributed by atoms with Gasteiger partial charge in [-0.3, -0.25) is 0 Å². The van der Waals surface area contributed by atoms with E-state index in [0.29, 0.717) is 16.6 Å². The van der Waals surface area contributed by atoms with E-state index in [9.17, 15) is 0 Å². The molecule has 2 rings (SSSR count). The number of ether oxygens (including phenoxy) is 8. The van der Waals surface area contributed by atoms with Crippen LogP contribution in [0.2, 0.25) is 6.04 Å². The number of aryl methyl sites for hydroxylation is 1. The van der Waals surface area contributed by atoms with E-state index in [1.54, 1.807) is 56.9 Å². The molecule has 0 saturated carbocycles. The van der Waals surface area contributed by atoms with Crippen molar-refractivity contribution >= 4 is 38.1 Å². The number of rotatable bonds is 21. The van der Waals surface area contributed by atoms with Crippen molar-refractivity contribution in [2.75, 3.05) is 56.9 Å². The Kier molecular flexibility index (Phi) is 22.6. The Morgan fingerprint density at radius 1 is 0.477 bits per heavy atom. The minimum Gasteiger partial charge on any atom is -0.360 e. The highest BCUT2D eigenvalue weighted by Crippen LogP contribution is 2.21. The molecule has 0 spiro atoms. The summed E-state index contributed by atoms with van der Waals surface area (Å²) < 4.78 is 42.6. The summed E-state index contributed by atoms with van der Waals surface area (Å²) in [6.07, 6.45) is 1.11. The van der Waals surface area contributed by atoms with Gasteiger partial charge in [0.2, 0.25) is 0 Å². The molecular weight excluding hydrogens is 625 g/mol. The smallest absolute Gasteiger partial charge is 0.134 e. The van der Waals surface area contributed by atoms with Crippen LogP contribution in [0.4, 0.5) is 0 Å². The van der Waals surface area contributed by atoms with Gasteiger partial charge in [0, 0.05) is 56.9 Å². The van der Waals surface area contributed by atoms with Crippen LogP contribution in [0, 0.1) is 0 Å². The Bertz CT molecular complexity index is 932. The summed E-state index contributed by atoms with van der Waals surface area (Å²) in [5.41, 5.74) is 7.18. The third-order valence-electron chi connectivity index (χ3n) is 8.24. The van der Waals surface area contributed by atoms with E-state index in [1.807, 2.05) is 0 Å². The maximum absolute atomic E-state index is 5.36. The quantitative estimate of drug-likeness (QED) is 0.147. The average Bonchev–Trinajstić information content (AvgIpc) is 3.07. The van der Waals surface area contributed by atoms with Crippen LogP contribution in [0.5, 0.6) is 0 Å². The normalized spacial score (nSPS) is 14.9. The van der Waals surface area contributed by atoms with Crippen LogP contribution in [-0.4, -0.2) is 119 Å². The van der Waals surface area contributed by atoms with Gasteiger partial charge < -0.3 is 37.9 Å². The third-order valence-corrected chi connectivity index (χ3v) is 16.8. The summed E-state index contributed by atoms with van der Waals surface area (Å²) in [5, 5.41) is 0. The predicted octanol–water partition coefficient (Wildman–Crippen LogP) is 2.50. The maximum Gasteiger partial charge on any atom is 0.134 e. The first kappa shape index (κ1) is 41.0. The second-order valence-electron chi connectivity index (χ2n) is 11.3. The standard InChI is InChI=1S/2C16H30O4Si2/c1-11(21-15(17-3)18-4)13-7-9-14(10-8-13)12(2)22-16(19-5)20-6;1-12(22-16(19-4)20-5)14-8-6-7-13(11-14)9-10-21-15(17-2)18-3/h7-12,15-16H,21-22H2,1-6H3;6-8,11-12,15-16H,9-10,21-22H2,1-5H3. The van der Waals surface area contributed by atoms with E-state index in [1.165, 1.54) is 28.3 Å². The van der Waals surface area contributed by atoms with Gasteiger partial charge in [0.1, 0.15) is 23.7 Å². The van der Waals surface area contributed by atoms with Gasteiger partial charge in [-0.2, -0.15) is 0 Å². The molecule has 0 amide bonds. The maximum atomic E-state index is 5.36. The molecule has 2 aromatic carbocycles. The molecule has 0 heterocycles. The fraction of sp³-hybridized carbons (Fsp3) is 0.625. The summed E-state index contributed by atoms with van der Waals surface area (Å²) in [6.45, 7) is 6.80. The molecule has 0 saturated heterocycles. The van der Waals surface area contributed by atoms with Gasteiger partial charge in [-0.15, -0.1) is 0 Å².